The van der Waals surface area contributed by atoms with Crippen molar-refractivity contribution < 1.29 is 14.7 Å². The quantitative estimate of drug-likeness (QED) is 0.786. The van der Waals surface area contributed by atoms with E-state index < -0.39 is 5.97 Å². The van der Waals surface area contributed by atoms with Crippen molar-refractivity contribution in [3.63, 3.8) is 0 Å². The van der Waals surface area contributed by atoms with Crippen molar-refractivity contribution in [1.82, 2.24) is 10.2 Å². The van der Waals surface area contributed by atoms with Crippen LogP contribution in [0.4, 0.5) is 10.5 Å². The first-order valence-corrected chi connectivity index (χ1v) is 7.10. The number of amides is 2. The number of hydrogen-bond donors (Lipinski definition) is 3. The van der Waals surface area contributed by atoms with Gasteiger partial charge in [-0.2, -0.15) is 0 Å². The van der Waals surface area contributed by atoms with Crippen LogP contribution in [0.5, 0.6) is 0 Å². The Balaban J connectivity index is 1.88. The minimum absolute atomic E-state index is 0.0510. The third kappa shape index (κ3) is 5.07. The number of hydrogen-bond acceptors (Lipinski definition) is 3. The highest BCUT2D eigenvalue weighted by Crippen LogP contribution is 2.12. The third-order valence-corrected chi connectivity index (χ3v) is 3.50. The number of nitrogens with zero attached hydrogens (tertiary/aromatic N) is 1. The first-order chi connectivity index (χ1) is 10.0. The monoisotopic (exact) mass is 291 g/mol. The molecule has 1 atom stereocenters. The van der Waals surface area contributed by atoms with E-state index in [2.05, 4.69) is 15.5 Å². The molecule has 1 aromatic rings. The van der Waals surface area contributed by atoms with Gasteiger partial charge in [0, 0.05) is 18.3 Å². The van der Waals surface area contributed by atoms with Crippen molar-refractivity contribution in [2.45, 2.75) is 25.3 Å². The predicted molar refractivity (Wildman–Crippen MR) is 80.5 cm³/mol. The third-order valence-electron chi connectivity index (χ3n) is 3.50. The van der Waals surface area contributed by atoms with Crippen LogP contribution in [0, 0.1) is 0 Å². The maximum Gasteiger partial charge on any atom is 0.319 e. The van der Waals surface area contributed by atoms with E-state index in [0.29, 0.717) is 11.3 Å². The molecule has 0 radical (unpaired) electrons. The maximum absolute atomic E-state index is 12.0. The van der Waals surface area contributed by atoms with E-state index in [4.69, 9.17) is 5.11 Å². The lowest BCUT2D eigenvalue weighted by Gasteiger charge is -2.30. The average Bonchev–Trinajstić information content (AvgIpc) is 2.37. The fourth-order valence-electron chi connectivity index (χ4n) is 2.57. The molecule has 0 aliphatic carbocycles. The van der Waals surface area contributed by atoms with E-state index >= 15 is 0 Å². The number of piperidine rings is 1. The van der Waals surface area contributed by atoms with Gasteiger partial charge in [-0.3, -0.25) is 4.79 Å². The second-order valence-electron chi connectivity index (χ2n) is 5.47. The van der Waals surface area contributed by atoms with Gasteiger partial charge in [0.05, 0.1) is 6.42 Å². The van der Waals surface area contributed by atoms with Crippen LogP contribution in [0.2, 0.25) is 0 Å². The Bertz CT molecular complexity index is 519. The molecule has 2 amide bonds. The molecule has 1 unspecified atom stereocenters. The Morgan fingerprint density at radius 1 is 1.43 bits per heavy atom. The molecular weight excluding hydrogens is 270 g/mol. The van der Waals surface area contributed by atoms with Gasteiger partial charge >= 0.3 is 12.0 Å². The number of carbonyl (C=O) groups is 2. The number of rotatable bonds is 4. The first-order valence-electron chi connectivity index (χ1n) is 7.10. The highest BCUT2D eigenvalue weighted by Gasteiger charge is 2.18. The van der Waals surface area contributed by atoms with Crippen molar-refractivity contribution in [3.05, 3.63) is 29.8 Å². The number of likely N-dealkylation sites (N-methyl/N-ethyl adjacent to an activating group) is 1. The van der Waals surface area contributed by atoms with Crippen molar-refractivity contribution in [2.75, 3.05) is 25.5 Å². The lowest BCUT2D eigenvalue weighted by molar-refractivity contribution is -0.136. The Morgan fingerprint density at radius 2 is 2.24 bits per heavy atom. The fourth-order valence-corrected chi connectivity index (χ4v) is 2.57. The molecule has 1 saturated heterocycles. The topological polar surface area (TPSA) is 81.7 Å². The molecule has 0 aromatic heterocycles. The number of carboxylic acids is 1. The summed E-state index contributed by atoms with van der Waals surface area (Å²) in [5, 5.41) is 14.5. The minimum atomic E-state index is -0.887. The van der Waals surface area contributed by atoms with E-state index in [0.717, 1.165) is 25.9 Å². The number of nitrogens with one attached hydrogen (secondary N) is 2. The van der Waals surface area contributed by atoms with Crippen LogP contribution in [-0.4, -0.2) is 48.2 Å². The molecule has 21 heavy (non-hydrogen) atoms. The average molecular weight is 291 g/mol. The number of urea groups is 1. The van der Waals surface area contributed by atoms with Crippen LogP contribution in [0.3, 0.4) is 0 Å². The second kappa shape index (κ2) is 7.08. The van der Waals surface area contributed by atoms with Crippen molar-refractivity contribution in [1.29, 1.82) is 0 Å². The second-order valence-corrected chi connectivity index (χ2v) is 5.47. The Hall–Kier alpha value is -2.08. The van der Waals surface area contributed by atoms with Gasteiger partial charge in [0.25, 0.3) is 0 Å². The van der Waals surface area contributed by atoms with Gasteiger partial charge in [0.2, 0.25) is 0 Å². The summed E-state index contributed by atoms with van der Waals surface area (Å²) in [5.41, 5.74) is 1.27. The molecule has 1 fully saturated rings. The van der Waals surface area contributed by atoms with E-state index in [1.165, 1.54) is 0 Å². The summed E-state index contributed by atoms with van der Waals surface area (Å²) in [7, 11) is 2.04. The van der Waals surface area contributed by atoms with E-state index in [9.17, 15) is 9.59 Å². The SMILES string of the molecule is CN1CCCC(NC(=O)Nc2cccc(CC(=O)O)c2)C1. The molecule has 114 valence electrons. The van der Waals surface area contributed by atoms with Gasteiger partial charge in [-0.05, 0) is 44.1 Å². The zero-order valence-corrected chi connectivity index (χ0v) is 12.1. The van der Waals surface area contributed by atoms with Gasteiger partial charge in [0.15, 0.2) is 0 Å². The van der Waals surface area contributed by atoms with E-state index in [1.54, 1.807) is 24.3 Å². The minimum Gasteiger partial charge on any atom is -0.481 e. The standard InChI is InChI=1S/C15H21N3O3/c1-18-7-3-6-13(10-18)17-15(21)16-12-5-2-4-11(8-12)9-14(19)20/h2,4-5,8,13H,3,6-7,9-10H2,1H3,(H,19,20)(H2,16,17,21). The molecule has 1 aliphatic heterocycles. The highest BCUT2D eigenvalue weighted by molar-refractivity contribution is 5.89. The molecule has 3 N–H and O–H groups in total. The van der Waals surface area contributed by atoms with Gasteiger partial charge in [-0.1, -0.05) is 12.1 Å². The maximum atomic E-state index is 12.0. The van der Waals surface area contributed by atoms with Crippen molar-refractivity contribution in [3.8, 4) is 0 Å². The lowest BCUT2D eigenvalue weighted by atomic mass is 10.1. The molecule has 0 spiro atoms. The Kier molecular flexibility index (Phi) is 5.16. The normalized spacial score (nSPS) is 19.0. The zero-order chi connectivity index (χ0) is 15.2. The number of carbonyl (C=O) groups excluding carboxylic acids is 1. The van der Waals surface area contributed by atoms with Crippen LogP contribution in [-0.2, 0) is 11.2 Å². The number of benzene rings is 1. The van der Waals surface area contributed by atoms with E-state index in [-0.39, 0.29) is 18.5 Å². The first kappa shape index (κ1) is 15.3. The molecular formula is C15H21N3O3. The van der Waals surface area contributed by atoms with E-state index in [1.807, 2.05) is 7.05 Å². The molecule has 6 nitrogen and oxygen atoms in total. The summed E-state index contributed by atoms with van der Waals surface area (Å²) < 4.78 is 0. The molecule has 0 saturated carbocycles. The van der Waals surface area contributed by atoms with Crippen LogP contribution < -0.4 is 10.6 Å². The number of aliphatic carboxylic acids is 1. The summed E-state index contributed by atoms with van der Waals surface area (Å²) in [6, 6.07) is 6.81. The lowest BCUT2D eigenvalue weighted by Crippen LogP contribution is -2.47. The molecule has 0 bridgehead atoms. The zero-order valence-electron chi connectivity index (χ0n) is 12.1. The van der Waals surface area contributed by atoms with Gasteiger partial charge in [-0.15, -0.1) is 0 Å². The number of likely N-dealkylation sites (tertiary alicyclic amines) is 1. The number of anilines is 1. The number of carboxylic acid groups (broad SMARTS) is 1. The highest BCUT2D eigenvalue weighted by atomic mass is 16.4. The molecule has 2 rings (SSSR count). The van der Waals surface area contributed by atoms with Crippen LogP contribution in [0.1, 0.15) is 18.4 Å². The molecule has 1 heterocycles. The molecule has 1 aromatic carbocycles. The van der Waals surface area contributed by atoms with Gasteiger partial charge in [-0.25, -0.2) is 4.79 Å². The van der Waals surface area contributed by atoms with Crippen LogP contribution in [0.25, 0.3) is 0 Å². The van der Waals surface area contributed by atoms with Crippen molar-refractivity contribution in [2.24, 2.45) is 0 Å². The van der Waals surface area contributed by atoms with Gasteiger partial charge < -0.3 is 20.6 Å². The smallest absolute Gasteiger partial charge is 0.319 e. The summed E-state index contributed by atoms with van der Waals surface area (Å²) in [6.07, 6.45) is 2.01. The van der Waals surface area contributed by atoms with Crippen LogP contribution in [0.15, 0.2) is 24.3 Å². The van der Waals surface area contributed by atoms with Crippen LogP contribution >= 0.6 is 0 Å². The molecule has 6 heteroatoms. The summed E-state index contributed by atoms with van der Waals surface area (Å²) in [6.45, 7) is 1.92. The fraction of sp³-hybridized carbons (Fsp3) is 0.467. The largest absolute Gasteiger partial charge is 0.481 e. The Morgan fingerprint density at radius 3 is 2.95 bits per heavy atom. The van der Waals surface area contributed by atoms with Crippen molar-refractivity contribution >= 4 is 17.7 Å². The summed E-state index contributed by atoms with van der Waals surface area (Å²) >= 11 is 0. The molecule has 1 aliphatic rings. The Labute approximate surface area is 124 Å². The summed E-state index contributed by atoms with van der Waals surface area (Å²) in [5.74, 6) is -0.887. The summed E-state index contributed by atoms with van der Waals surface area (Å²) in [4.78, 5) is 24.9. The van der Waals surface area contributed by atoms with Gasteiger partial charge in [0.1, 0.15) is 0 Å². The predicted octanol–water partition coefficient (Wildman–Crippen LogP) is 1.53.